The lowest BCUT2D eigenvalue weighted by Crippen LogP contribution is -2.69. The van der Waals surface area contributed by atoms with Crippen molar-refractivity contribution in [1.29, 1.82) is 0 Å². The van der Waals surface area contributed by atoms with Crippen molar-refractivity contribution in [1.82, 2.24) is 9.88 Å². The summed E-state index contributed by atoms with van der Waals surface area (Å²) in [4.78, 5) is 8.30. The first-order valence-corrected chi connectivity index (χ1v) is 9.22. The Morgan fingerprint density at radius 2 is 1.92 bits per heavy atom. The van der Waals surface area contributed by atoms with Crippen LogP contribution >= 0.6 is 11.3 Å². The summed E-state index contributed by atoms with van der Waals surface area (Å²) in [6, 6.07) is 11.3. The molecule has 0 N–H and O–H groups in total. The molecule has 2 fully saturated rings. The van der Waals surface area contributed by atoms with Gasteiger partial charge in [0.05, 0.1) is 5.01 Å². The fourth-order valence-corrected chi connectivity index (χ4v) is 5.40. The number of hydrogen-bond donors (Lipinski definition) is 0. The molecule has 1 saturated heterocycles. The molecule has 0 bridgehead atoms. The van der Waals surface area contributed by atoms with Gasteiger partial charge < -0.3 is 9.47 Å². The number of ether oxygens (including phenoxy) is 2. The molecule has 1 spiro atoms. The number of aromatic nitrogens is 1. The average molecular weight is 344 g/mol. The summed E-state index contributed by atoms with van der Waals surface area (Å²) in [5, 5.41) is 1.14. The fraction of sp³-hybridized carbons (Fsp3) is 0.526. The second-order valence-electron chi connectivity index (χ2n) is 7.10. The maximum absolute atomic E-state index is 5.65. The lowest BCUT2D eigenvalue weighted by atomic mass is 9.53. The van der Waals surface area contributed by atoms with Gasteiger partial charge in [0, 0.05) is 62.7 Å². The minimum absolute atomic E-state index is 0.271. The number of nitrogens with zero attached hydrogens (tertiary/aromatic N) is 2. The first-order chi connectivity index (χ1) is 11.6. The van der Waals surface area contributed by atoms with Gasteiger partial charge in [0.1, 0.15) is 0 Å². The highest BCUT2D eigenvalue weighted by molar-refractivity contribution is 7.11. The molecule has 4 nitrogen and oxygen atoms in total. The van der Waals surface area contributed by atoms with Crippen molar-refractivity contribution >= 4 is 11.3 Å². The molecule has 24 heavy (non-hydrogen) atoms. The third kappa shape index (κ3) is 2.51. The standard InChI is InChI=1S/C19H24N2O2S/c1-14-20-9-16(24-14)10-21-13-18(11-19(12-18,22-2)23-3)17(21)15-7-5-4-6-8-15/h4-9,17H,10-13H2,1-3H3. The van der Waals surface area contributed by atoms with E-state index in [0.717, 1.165) is 30.9 Å². The second-order valence-corrected chi connectivity index (χ2v) is 8.42. The summed E-state index contributed by atoms with van der Waals surface area (Å²) in [6.45, 7) is 4.13. The fourth-order valence-electron chi connectivity index (χ4n) is 4.58. The first-order valence-electron chi connectivity index (χ1n) is 8.40. The van der Waals surface area contributed by atoms with Gasteiger partial charge in [-0.3, -0.25) is 4.90 Å². The third-order valence-electron chi connectivity index (χ3n) is 5.59. The molecule has 1 saturated carbocycles. The quantitative estimate of drug-likeness (QED) is 0.773. The molecule has 2 aliphatic rings. The van der Waals surface area contributed by atoms with Crippen molar-refractivity contribution in [2.75, 3.05) is 20.8 Å². The molecule has 1 atom stereocenters. The molecule has 2 aromatic rings. The van der Waals surface area contributed by atoms with Crippen molar-refractivity contribution < 1.29 is 9.47 Å². The van der Waals surface area contributed by atoms with Gasteiger partial charge in [-0.2, -0.15) is 0 Å². The predicted molar refractivity (Wildman–Crippen MR) is 94.9 cm³/mol. The first kappa shape index (κ1) is 16.2. The Bertz CT molecular complexity index is 703. The van der Waals surface area contributed by atoms with Gasteiger partial charge in [-0.25, -0.2) is 4.98 Å². The Labute approximate surface area is 147 Å². The SMILES string of the molecule is COC1(OC)CC2(CN(Cc3cnc(C)s3)C2c2ccccc2)C1. The molecule has 1 unspecified atom stereocenters. The van der Waals surface area contributed by atoms with Gasteiger partial charge in [-0.05, 0) is 12.5 Å². The van der Waals surface area contributed by atoms with Crippen LogP contribution in [0.15, 0.2) is 36.5 Å². The molecule has 1 aliphatic heterocycles. The van der Waals surface area contributed by atoms with Gasteiger partial charge in [-0.15, -0.1) is 11.3 Å². The molecular formula is C19H24N2O2S. The topological polar surface area (TPSA) is 34.6 Å². The number of benzene rings is 1. The van der Waals surface area contributed by atoms with Crippen molar-refractivity contribution in [3.8, 4) is 0 Å². The van der Waals surface area contributed by atoms with Crippen LogP contribution in [0, 0.1) is 12.3 Å². The minimum Gasteiger partial charge on any atom is -0.353 e. The van der Waals surface area contributed by atoms with Crippen LogP contribution in [0.25, 0.3) is 0 Å². The minimum atomic E-state index is -0.389. The summed E-state index contributed by atoms with van der Waals surface area (Å²) < 4.78 is 11.3. The molecule has 1 aliphatic carbocycles. The summed E-state index contributed by atoms with van der Waals surface area (Å²) >= 11 is 1.79. The van der Waals surface area contributed by atoms with Crippen LogP contribution in [-0.2, 0) is 16.0 Å². The lowest BCUT2D eigenvalue weighted by Gasteiger charge is -2.67. The zero-order valence-electron chi connectivity index (χ0n) is 14.5. The van der Waals surface area contributed by atoms with Crippen LogP contribution in [0.2, 0.25) is 0 Å². The molecule has 2 heterocycles. The largest absolute Gasteiger partial charge is 0.353 e. The van der Waals surface area contributed by atoms with E-state index in [4.69, 9.17) is 9.47 Å². The van der Waals surface area contributed by atoms with E-state index >= 15 is 0 Å². The molecule has 1 aromatic heterocycles. The van der Waals surface area contributed by atoms with Crippen LogP contribution < -0.4 is 0 Å². The molecular weight excluding hydrogens is 320 g/mol. The van der Waals surface area contributed by atoms with E-state index in [-0.39, 0.29) is 11.2 Å². The zero-order chi connectivity index (χ0) is 16.8. The molecule has 5 heteroatoms. The van der Waals surface area contributed by atoms with E-state index in [0.29, 0.717) is 6.04 Å². The van der Waals surface area contributed by atoms with Crippen LogP contribution in [0.3, 0.4) is 0 Å². The van der Waals surface area contributed by atoms with E-state index in [2.05, 4.69) is 47.1 Å². The molecule has 0 radical (unpaired) electrons. The van der Waals surface area contributed by atoms with Crippen molar-refractivity contribution in [3.05, 3.63) is 52.0 Å². The Morgan fingerprint density at radius 1 is 1.21 bits per heavy atom. The Morgan fingerprint density at radius 3 is 2.50 bits per heavy atom. The van der Waals surface area contributed by atoms with Crippen molar-refractivity contribution in [2.45, 2.75) is 38.1 Å². The van der Waals surface area contributed by atoms with E-state index in [1.165, 1.54) is 10.4 Å². The van der Waals surface area contributed by atoms with E-state index < -0.39 is 0 Å². The van der Waals surface area contributed by atoms with Crippen molar-refractivity contribution in [3.63, 3.8) is 0 Å². The normalized spacial score (nSPS) is 24.5. The lowest BCUT2D eigenvalue weighted by molar-refractivity contribution is -0.337. The highest BCUT2D eigenvalue weighted by atomic mass is 32.1. The maximum Gasteiger partial charge on any atom is 0.168 e. The number of thiazole rings is 1. The Kier molecular flexibility index (Phi) is 4.00. The van der Waals surface area contributed by atoms with Crippen LogP contribution in [0.1, 0.15) is 34.3 Å². The van der Waals surface area contributed by atoms with E-state index in [1.807, 2.05) is 6.20 Å². The zero-order valence-corrected chi connectivity index (χ0v) is 15.3. The second kappa shape index (κ2) is 5.92. The number of methoxy groups -OCH3 is 2. The smallest absolute Gasteiger partial charge is 0.168 e. The molecule has 0 amide bonds. The highest BCUT2D eigenvalue weighted by Gasteiger charge is 2.66. The number of aryl methyl sites for hydroxylation is 1. The monoisotopic (exact) mass is 344 g/mol. The van der Waals surface area contributed by atoms with Crippen LogP contribution in [0.5, 0.6) is 0 Å². The van der Waals surface area contributed by atoms with E-state index in [1.54, 1.807) is 25.6 Å². The summed E-state index contributed by atoms with van der Waals surface area (Å²) in [5.41, 5.74) is 1.67. The van der Waals surface area contributed by atoms with Crippen LogP contribution in [0.4, 0.5) is 0 Å². The number of hydrogen-bond acceptors (Lipinski definition) is 5. The average Bonchev–Trinajstić information content (AvgIpc) is 2.95. The number of rotatable bonds is 5. The third-order valence-corrected chi connectivity index (χ3v) is 6.49. The highest BCUT2D eigenvalue weighted by Crippen LogP contribution is 2.65. The summed E-state index contributed by atoms with van der Waals surface area (Å²) in [6.07, 6.45) is 3.94. The van der Waals surface area contributed by atoms with Gasteiger partial charge in [0.2, 0.25) is 0 Å². The molecule has 4 rings (SSSR count). The van der Waals surface area contributed by atoms with Crippen molar-refractivity contribution in [2.24, 2.45) is 5.41 Å². The van der Waals surface area contributed by atoms with Crippen LogP contribution in [-0.4, -0.2) is 36.4 Å². The summed E-state index contributed by atoms with van der Waals surface area (Å²) in [5.74, 6) is -0.389. The molecule has 128 valence electrons. The predicted octanol–water partition coefficient (Wildman–Crippen LogP) is 3.78. The summed E-state index contributed by atoms with van der Waals surface area (Å²) in [7, 11) is 3.51. The Hall–Kier alpha value is -1.27. The Balaban J connectivity index is 1.57. The van der Waals surface area contributed by atoms with Gasteiger partial charge in [0.15, 0.2) is 5.79 Å². The van der Waals surface area contributed by atoms with Gasteiger partial charge >= 0.3 is 0 Å². The van der Waals surface area contributed by atoms with Gasteiger partial charge in [0.25, 0.3) is 0 Å². The van der Waals surface area contributed by atoms with E-state index in [9.17, 15) is 0 Å². The molecule has 1 aromatic carbocycles. The van der Waals surface area contributed by atoms with Gasteiger partial charge in [-0.1, -0.05) is 30.3 Å². The maximum atomic E-state index is 5.65. The number of likely N-dealkylation sites (tertiary alicyclic amines) is 1.